The van der Waals surface area contributed by atoms with Crippen LogP contribution in [0.2, 0.25) is 0 Å². The highest BCUT2D eigenvalue weighted by Gasteiger charge is 2.19. The monoisotopic (exact) mass is 343 g/mol. The molecule has 1 fully saturated rings. The Balaban J connectivity index is 1.39. The van der Waals surface area contributed by atoms with E-state index in [4.69, 9.17) is 0 Å². The first kappa shape index (κ1) is 15.5. The number of piperazine rings is 1. The van der Waals surface area contributed by atoms with Crippen molar-refractivity contribution in [2.75, 3.05) is 31.1 Å². The smallest absolute Gasteiger partial charge is 0.176 e. The summed E-state index contributed by atoms with van der Waals surface area (Å²) in [6.07, 6.45) is 1.02. The Morgan fingerprint density at radius 3 is 2.67 bits per heavy atom. The molecule has 7 nitrogen and oxygen atoms in total. The van der Waals surface area contributed by atoms with Crippen LogP contribution in [0.3, 0.4) is 0 Å². The summed E-state index contributed by atoms with van der Waals surface area (Å²) < 4.78 is 1.62. The highest BCUT2D eigenvalue weighted by atomic mass is 32.1. The Kier molecular flexibility index (Phi) is 4.15. The first-order valence-electron chi connectivity index (χ1n) is 8.32. The molecule has 0 amide bonds. The Labute approximate surface area is 144 Å². The van der Waals surface area contributed by atoms with Crippen LogP contribution in [0.1, 0.15) is 23.4 Å². The summed E-state index contributed by atoms with van der Waals surface area (Å²) in [7, 11) is 0. The van der Waals surface area contributed by atoms with Gasteiger partial charge in [-0.25, -0.2) is 9.97 Å². The van der Waals surface area contributed by atoms with Gasteiger partial charge in [0.1, 0.15) is 5.82 Å². The quantitative estimate of drug-likeness (QED) is 0.719. The van der Waals surface area contributed by atoms with Gasteiger partial charge in [-0.15, -0.1) is 26.2 Å². The predicted octanol–water partition coefficient (Wildman–Crippen LogP) is 1.77. The molecule has 4 rings (SSSR count). The van der Waals surface area contributed by atoms with Crippen LogP contribution in [0, 0.1) is 6.92 Å². The van der Waals surface area contributed by atoms with Crippen molar-refractivity contribution in [3.63, 3.8) is 0 Å². The van der Waals surface area contributed by atoms with E-state index in [2.05, 4.69) is 42.3 Å². The van der Waals surface area contributed by atoms with Crippen molar-refractivity contribution in [1.82, 2.24) is 29.7 Å². The molecule has 24 heavy (non-hydrogen) atoms. The molecule has 0 aromatic carbocycles. The second kappa shape index (κ2) is 6.45. The second-order valence-corrected chi connectivity index (χ2v) is 6.99. The Morgan fingerprint density at radius 1 is 1.08 bits per heavy atom. The average molecular weight is 343 g/mol. The topological polar surface area (TPSA) is 62.5 Å². The number of hydrogen-bond donors (Lipinski definition) is 0. The summed E-state index contributed by atoms with van der Waals surface area (Å²) in [6.45, 7) is 8.97. The van der Waals surface area contributed by atoms with Gasteiger partial charge in [-0.05, 0) is 25.5 Å². The maximum Gasteiger partial charge on any atom is 0.176 e. The summed E-state index contributed by atoms with van der Waals surface area (Å²) in [5.41, 5.74) is 1.99. The number of aromatic nitrogens is 5. The number of rotatable bonds is 4. The molecule has 126 valence electrons. The Hall–Kier alpha value is -2.06. The van der Waals surface area contributed by atoms with Gasteiger partial charge in [-0.3, -0.25) is 4.90 Å². The van der Waals surface area contributed by atoms with Crippen molar-refractivity contribution >= 4 is 22.8 Å². The molecule has 3 aromatic heterocycles. The standard InChI is InChI=1S/C16H21N7S/c1-3-16-18-13(11-24-16)10-21-6-8-22(9-7-21)15-5-4-14-17-12(2)19-23(14)20-15/h4-5,11H,3,6-10H2,1-2H3. The molecule has 8 heteroatoms. The van der Waals surface area contributed by atoms with Gasteiger partial charge < -0.3 is 4.90 Å². The number of fused-ring (bicyclic) bond motifs is 1. The van der Waals surface area contributed by atoms with E-state index < -0.39 is 0 Å². The van der Waals surface area contributed by atoms with Crippen LogP contribution in [-0.4, -0.2) is 55.9 Å². The maximum atomic E-state index is 4.67. The maximum absolute atomic E-state index is 4.67. The van der Waals surface area contributed by atoms with E-state index in [-0.39, 0.29) is 0 Å². The summed E-state index contributed by atoms with van der Waals surface area (Å²) in [4.78, 5) is 13.8. The number of aryl methyl sites for hydroxylation is 2. The summed E-state index contributed by atoms with van der Waals surface area (Å²) in [5.74, 6) is 1.72. The van der Waals surface area contributed by atoms with Gasteiger partial charge in [0.25, 0.3) is 0 Å². The molecule has 0 spiro atoms. The molecule has 0 radical (unpaired) electrons. The molecule has 4 heterocycles. The fourth-order valence-electron chi connectivity index (χ4n) is 2.99. The Morgan fingerprint density at radius 2 is 1.92 bits per heavy atom. The zero-order valence-corrected chi connectivity index (χ0v) is 14.8. The fraction of sp³-hybridized carbons (Fsp3) is 0.500. The minimum atomic E-state index is 0.749. The molecule has 1 aliphatic heterocycles. The highest BCUT2D eigenvalue weighted by Crippen LogP contribution is 2.17. The van der Waals surface area contributed by atoms with E-state index in [0.717, 1.165) is 56.4 Å². The van der Waals surface area contributed by atoms with E-state index in [1.807, 2.05) is 19.1 Å². The number of anilines is 1. The van der Waals surface area contributed by atoms with Crippen LogP contribution in [0.25, 0.3) is 5.65 Å². The summed E-state index contributed by atoms with van der Waals surface area (Å²) in [5, 5.41) is 12.3. The third-order valence-corrected chi connectivity index (χ3v) is 5.32. The first-order chi connectivity index (χ1) is 11.7. The summed E-state index contributed by atoms with van der Waals surface area (Å²) in [6, 6.07) is 4.02. The molecule has 0 saturated carbocycles. The first-order valence-corrected chi connectivity index (χ1v) is 9.20. The third kappa shape index (κ3) is 3.11. The normalized spacial score (nSPS) is 16.2. The largest absolute Gasteiger partial charge is 0.353 e. The number of nitrogens with zero attached hydrogens (tertiary/aromatic N) is 7. The van der Waals surface area contributed by atoms with Crippen molar-refractivity contribution in [2.45, 2.75) is 26.8 Å². The molecule has 0 N–H and O–H groups in total. The van der Waals surface area contributed by atoms with Gasteiger partial charge in [-0.2, -0.15) is 0 Å². The molecule has 1 aliphatic rings. The number of thiazole rings is 1. The molecule has 0 aliphatic carbocycles. The van der Waals surface area contributed by atoms with Crippen molar-refractivity contribution in [2.24, 2.45) is 0 Å². The lowest BCUT2D eigenvalue weighted by atomic mass is 10.3. The van der Waals surface area contributed by atoms with Crippen LogP contribution < -0.4 is 4.90 Å². The van der Waals surface area contributed by atoms with Gasteiger partial charge in [0, 0.05) is 38.1 Å². The lowest BCUT2D eigenvalue weighted by molar-refractivity contribution is 0.246. The van der Waals surface area contributed by atoms with Crippen LogP contribution in [0.15, 0.2) is 17.5 Å². The van der Waals surface area contributed by atoms with Crippen molar-refractivity contribution in [3.05, 3.63) is 34.0 Å². The van der Waals surface area contributed by atoms with Gasteiger partial charge in [0.05, 0.1) is 10.7 Å². The predicted molar refractivity (Wildman–Crippen MR) is 94.5 cm³/mol. The lowest BCUT2D eigenvalue weighted by Crippen LogP contribution is -2.46. The highest BCUT2D eigenvalue weighted by molar-refractivity contribution is 7.09. The molecule has 0 atom stereocenters. The zero-order valence-electron chi connectivity index (χ0n) is 14.0. The SMILES string of the molecule is CCc1nc(CN2CCN(c3ccc4nc(C)nn4n3)CC2)cs1. The van der Waals surface area contributed by atoms with Gasteiger partial charge >= 0.3 is 0 Å². The zero-order chi connectivity index (χ0) is 16.5. The molecule has 3 aromatic rings. The molecule has 0 bridgehead atoms. The minimum Gasteiger partial charge on any atom is -0.353 e. The van der Waals surface area contributed by atoms with Gasteiger partial charge in [0.2, 0.25) is 0 Å². The van der Waals surface area contributed by atoms with E-state index in [1.54, 1.807) is 16.0 Å². The van der Waals surface area contributed by atoms with E-state index in [9.17, 15) is 0 Å². The van der Waals surface area contributed by atoms with E-state index >= 15 is 0 Å². The lowest BCUT2D eigenvalue weighted by Gasteiger charge is -2.34. The Bertz CT molecular complexity index is 832. The molecular formula is C16H21N7S. The van der Waals surface area contributed by atoms with E-state index in [0.29, 0.717) is 0 Å². The van der Waals surface area contributed by atoms with Crippen molar-refractivity contribution in [3.8, 4) is 0 Å². The third-order valence-electron chi connectivity index (χ3n) is 4.28. The fourth-order valence-corrected chi connectivity index (χ4v) is 3.73. The molecule has 1 saturated heterocycles. The van der Waals surface area contributed by atoms with Crippen LogP contribution in [0.5, 0.6) is 0 Å². The number of hydrogen-bond acceptors (Lipinski definition) is 7. The van der Waals surface area contributed by atoms with Crippen molar-refractivity contribution < 1.29 is 0 Å². The van der Waals surface area contributed by atoms with Crippen LogP contribution >= 0.6 is 11.3 Å². The van der Waals surface area contributed by atoms with Crippen LogP contribution in [-0.2, 0) is 13.0 Å². The molecule has 0 unspecified atom stereocenters. The van der Waals surface area contributed by atoms with E-state index in [1.165, 1.54) is 10.7 Å². The van der Waals surface area contributed by atoms with Gasteiger partial charge in [-0.1, -0.05) is 6.92 Å². The molecular weight excluding hydrogens is 322 g/mol. The van der Waals surface area contributed by atoms with Crippen molar-refractivity contribution in [1.29, 1.82) is 0 Å². The summed E-state index contributed by atoms with van der Waals surface area (Å²) >= 11 is 1.76. The van der Waals surface area contributed by atoms with Gasteiger partial charge in [0.15, 0.2) is 11.5 Å². The second-order valence-electron chi connectivity index (χ2n) is 6.05. The average Bonchev–Trinajstić information content (AvgIpc) is 3.20. The van der Waals surface area contributed by atoms with Crippen LogP contribution in [0.4, 0.5) is 5.82 Å². The minimum absolute atomic E-state index is 0.749.